The van der Waals surface area contributed by atoms with Crippen LogP contribution in [-0.2, 0) is 0 Å². The van der Waals surface area contributed by atoms with Crippen molar-refractivity contribution < 1.29 is 14.7 Å². The van der Waals surface area contributed by atoms with Crippen molar-refractivity contribution in [1.82, 2.24) is 4.90 Å². The van der Waals surface area contributed by atoms with Gasteiger partial charge in [-0.05, 0) is 24.3 Å². The molecule has 0 bridgehead atoms. The Hall–Kier alpha value is -1.98. The highest BCUT2D eigenvalue weighted by atomic mass is 79.9. The summed E-state index contributed by atoms with van der Waals surface area (Å²) in [5, 5.41) is 9.95. The second-order valence-corrected chi connectivity index (χ2v) is 6.52. The van der Waals surface area contributed by atoms with Gasteiger partial charge in [0.05, 0.1) is 12.1 Å². The number of halogens is 1. The molecule has 2 aromatic rings. The number of nitrogens with zero attached hydrogens (tertiary/aromatic N) is 1. The van der Waals surface area contributed by atoms with E-state index in [9.17, 15) is 14.7 Å². The SMILES string of the molecule is O=C(c1ccc(Br)cc1)C1CC(O)CN1C(=O)c1ccccc1. The zero-order valence-corrected chi connectivity index (χ0v) is 13.9. The number of rotatable bonds is 3. The quantitative estimate of drug-likeness (QED) is 0.841. The van der Waals surface area contributed by atoms with Gasteiger partial charge in [-0.15, -0.1) is 0 Å². The second kappa shape index (κ2) is 6.64. The molecule has 0 radical (unpaired) electrons. The molecular weight excluding hydrogens is 358 g/mol. The van der Waals surface area contributed by atoms with Crippen molar-refractivity contribution in [2.24, 2.45) is 0 Å². The van der Waals surface area contributed by atoms with Crippen LogP contribution in [0.15, 0.2) is 59.1 Å². The van der Waals surface area contributed by atoms with E-state index in [0.717, 1.165) is 4.47 Å². The van der Waals surface area contributed by atoms with Gasteiger partial charge in [-0.1, -0.05) is 46.3 Å². The van der Waals surface area contributed by atoms with Crippen molar-refractivity contribution in [2.75, 3.05) is 6.54 Å². The van der Waals surface area contributed by atoms with E-state index in [1.807, 2.05) is 6.07 Å². The van der Waals surface area contributed by atoms with Gasteiger partial charge in [0.2, 0.25) is 0 Å². The van der Waals surface area contributed by atoms with E-state index in [2.05, 4.69) is 15.9 Å². The molecule has 1 saturated heterocycles. The fourth-order valence-corrected chi connectivity index (χ4v) is 3.10. The first-order chi connectivity index (χ1) is 11.1. The molecule has 1 aliphatic rings. The van der Waals surface area contributed by atoms with E-state index >= 15 is 0 Å². The molecule has 1 fully saturated rings. The molecule has 0 aromatic heterocycles. The van der Waals surface area contributed by atoms with Crippen LogP contribution in [0.3, 0.4) is 0 Å². The molecule has 2 atom stereocenters. The maximum Gasteiger partial charge on any atom is 0.254 e. The molecule has 2 aromatic carbocycles. The standard InChI is InChI=1S/C18H16BrNO3/c19-14-8-6-12(7-9-14)17(22)16-10-15(21)11-20(16)18(23)13-4-2-1-3-5-13/h1-9,15-16,21H,10-11H2. The van der Waals surface area contributed by atoms with Gasteiger partial charge in [0.15, 0.2) is 5.78 Å². The van der Waals surface area contributed by atoms with E-state index < -0.39 is 12.1 Å². The lowest BCUT2D eigenvalue weighted by atomic mass is 10.0. The fourth-order valence-electron chi connectivity index (χ4n) is 2.84. The van der Waals surface area contributed by atoms with E-state index in [1.54, 1.807) is 48.5 Å². The number of likely N-dealkylation sites (tertiary alicyclic amines) is 1. The number of carbonyl (C=O) groups excluding carboxylic acids is 2. The molecule has 1 heterocycles. The molecule has 5 heteroatoms. The maximum atomic E-state index is 12.7. The summed E-state index contributed by atoms with van der Waals surface area (Å²) in [6.07, 6.45) is -0.403. The number of β-amino-alcohol motifs (C(OH)–C–C–N with tert-alkyl or cyclic N) is 1. The number of aliphatic hydroxyl groups is 1. The summed E-state index contributed by atoms with van der Waals surface area (Å²) < 4.78 is 0.887. The Kier molecular flexibility index (Phi) is 4.59. The van der Waals surface area contributed by atoms with Crippen molar-refractivity contribution in [3.63, 3.8) is 0 Å². The van der Waals surface area contributed by atoms with Crippen molar-refractivity contribution >= 4 is 27.6 Å². The normalized spacial score (nSPS) is 20.5. The largest absolute Gasteiger partial charge is 0.391 e. The summed E-state index contributed by atoms with van der Waals surface area (Å²) in [4.78, 5) is 26.9. The number of benzene rings is 2. The highest BCUT2D eigenvalue weighted by Crippen LogP contribution is 2.24. The number of hydrogen-bond acceptors (Lipinski definition) is 3. The Morgan fingerprint density at radius 3 is 2.30 bits per heavy atom. The number of carbonyl (C=O) groups is 2. The van der Waals surface area contributed by atoms with Gasteiger partial charge in [-0.3, -0.25) is 9.59 Å². The molecule has 0 aliphatic carbocycles. The van der Waals surface area contributed by atoms with Crippen LogP contribution in [0.25, 0.3) is 0 Å². The lowest BCUT2D eigenvalue weighted by Crippen LogP contribution is -2.40. The van der Waals surface area contributed by atoms with Crippen LogP contribution in [0.1, 0.15) is 27.1 Å². The zero-order chi connectivity index (χ0) is 16.4. The minimum atomic E-state index is -0.674. The molecule has 1 amide bonds. The van der Waals surface area contributed by atoms with Gasteiger partial charge in [0, 0.05) is 28.6 Å². The number of amides is 1. The van der Waals surface area contributed by atoms with Crippen LogP contribution in [-0.4, -0.2) is 40.4 Å². The smallest absolute Gasteiger partial charge is 0.254 e. The third kappa shape index (κ3) is 3.35. The highest BCUT2D eigenvalue weighted by Gasteiger charge is 2.39. The topological polar surface area (TPSA) is 57.6 Å². The first kappa shape index (κ1) is 15.9. The number of aliphatic hydroxyl groups excluding tert-OH is 1. The first-order valence-corrected chi connectivity index (χ1v) is 8.19. The third-order valence-electron chi connectivity index (χ3n) is 3.99. The Bertz CT molecular complexity index is 715. The fraction of sp³-hybridized carbons (Fsp3) is 0.222. The summed E-state index contributed by atoms with van der Waals surface area (Å²) in [5.74, 6) is -0.365. The molecule has 0 spiro atoms. The van der Waals surface area contributed by atoms with Crippen LogP contribution >= 0.6 is 15.9 Å². The summed E-state index contributed by atoms with van der Waals surface area (Å²) in [6, 6.07) is 15.2. The van der Waals surface area contributed by atoms with Crippen LogP contribution in [0, 0.1) is 0 Å². The van der Waals surface area contributed by atoms with Gasteiger partial charge < -0.3 is 10.0 Å². The maximum absolute atomic E-state index is 12.7. The van der Waals surface area contributed by atoms with Crippen LogP contribution < -0.4 is 0 Å². The average molecular weight is 374 g/mol. The molecule has 23 heavy (non-hydrogen) atoms. The molecule has 118 valence electrons. The van der Waals surface area contributed by atoms with Crippen molar-refractivity contribution in [1.29, 1.82) is 0 Å². The molecule has 1 aliphatic heterocycles. The average Bonchev–Trinajstić information content (AvgIpc) is 2.97. The van der Waals surface area contributed by atoms with E-state index in [-0.39, 0.29) is 24.7 Å². The van der Waals surface area contributed by atoms with E-state index in [4.69, 9.17) is 0 Å². The Balaban J connectivity index is 1.86. The van der Waals surface area contributed by atoms with Gasteiger partial charge in [0.1, 0.15) is 0 Å². The summed E-state index contributed by atoms with van der Waals surface area (Å²) in [5.41, 5.74) is 1.06. The van der Waals surface area contributed by atoms with Gasteiger partial charge >= 0.3 is 0 Å². The van der Waals surface area contributed by atoms with Crippen LogP contribution in [0.4, 0.5) is 0 Å². The Morgan fingerprint density at radius 1 is 1.00 bits per heavy atom. The molecule has 4 nitrogen and oxygen atoms in total. The van der Waals surface area contributed by atoms with Gasteiger partial charge in [-0.25, -0.2) is 0 Å². The minimum absolute atomic E-state index is 0.140. The molecular formula is C18H16BrNO3. The number of hydrogen-bond donors (Lipinski definition) is 1. The Labute approximate surface area is 142 Å². The molecule has 0 saturated carbocycles. The second-order valence-electron chi connectivity index (χ2n) is 5.60. The minimum Gasteiger partial charge on any atom is -0.391 e. The predicted octanol–water partition coefficient (Wildman–Crippen LogP) is 2.91. The molecule has 1 N–H and O–H groups in total. The number of ketones is 1. The highest BCUT2D eigenvalue weighted by molar-refractivity contribution is 9.10. The summed E-state index contributed by atoms with van der Waals surface area (Å²) in [7, 11) is 0. The summed E-state index contributed by atoms with van der Waals surface area (Å²) >= 11 is 3.34. The van der Waals surface area contributed by atoms with Crippen molar-refractivity contribution in [2.45, 2.75) is 18.6 Å². The lowest BCUT2D eigenvalue weighted by Gasteiger charge is -2.23. The lowest BCUT2D eigenvalue weighted by molar-refractivity contribution is 0.0662. The van der Waals surface area contributed by atoms with Crippen LogP contribution in [0.5, 0.6) is 0 Å². The zero-order valence-electron chi connectivity index (χ0n) is 12.4. The van der Waals surface area contributed by atoms with Crippen molar-refractivity contribution in [3.8, 4) is 0 Å². The third-order valence-corrected chi connectivity index (χ3v) is 4.52. The van der Waals surface area contributed by atoms with Gasteiger partial charge in [-0.2, -0.15) is 0 Å². The number of Topliss-reactive ketones (excluding diaryl/α,β-unsaturated/α-hetero) is 1. The van der Waals surface area contributed by atoms with E-state index in [1.165, 1.54) is 4.90 Å². The predicted molar refractivity (Wildman–Crippen MR) is 90.4 cm³/mol. The van der Waals surface area contributed by atoms with Crippen molar-refractivity contribution in [3.05, 3.63) is 70.2 Å². The Morgan fingerprint density at radius 2 is 1.65 bits per heavy atom. The first-order valence-electron chi connectivity index (χ1n) is 7.40. The molecule has 3 rings (SSSR count). The molecule has 2 unspecified atom stereocenters. The monoisotopic (exact) mass is 373 g/mol. The summed E-state index contributed by atoms with van der Waals surface area (Å²) in [6.45, 7) is 0.181. The van der Waals surface area contributed by atoms with Crippen LogP contribution in [0.2, 0.25) is 0 Å². The van der Waals surface area contributed by atoms with Gasteiger partial charge in [0.25, 0.3) is 5.91 Å². The van der Waals surface area contributed by atoms with E-state index in [0.29, 0.717) is 11.1 Å².